The quantitative estimate of drug-likeness (QED) is 0.935. The van der Waals surface area contributed by atoms with Crippen molar-refractivity contribution in [2.75, 3.05) is 6.54 Å². The van der Waals surface area contributed by atoms with E-state index < -0.39 is 0 Å². The Hall–Kier alpha value is -1.01. The van der Waals surface area contributed by atoms with Crippen molar-refractivity contribution in [2.45, 2.75) is 57.9 Å². The fraction of sp³-hybridized carbons (Fsp3) is 0.769. The zero-order chi connectivity index (χ0) is 13.5. The molecule has 0 aromatic carbocycles. The molecule has 0 saturated heterocycles. The van der Waals surface area contributed by atoms with Crippen LogP contribution in [-0.2, 0) is 5.54 Å². The first-order chi connectivity index (χ1) is 9.12. The van der Waals surface area contributed by atoms with Gasteiger partial charge in [-0.25, -0.2) is 0 Å². The molecule has 2 aromatic heterocycles. The molecule has 0 atom stereocenters. The summed E-state index contributed by atoms with van der Waals surface area (Å²) in [4.78, 5) is 0.919. The summed E-state index contributed by atoms with van der Waals surface area (Å²) in [5, 5.41) is 17.9. The van der Waals surface area contributed by atoms with Gasteiger partial charge in [0.25, 0.3) is 0 Å². The highest BCUT2D eigenvalue weighted by Gasteiger charge is 2.28. The molecule has 0 amide bonds. The van der Waals surface area contributed by atoms with Crippen LogP contribution < -0.4 is 5.32 Å². The van der Waals surface area contributed by atoms with Gasteiger partial charge in [0, 0.05) is 5.92 Å². The van der Waals surface area contributed by atoms with E-state index in [4.69, 9.17) is 5.10 Å². The van der Waals surface area contributed by atoms with E-state index in [9.17, 15) is 0 Å². The van der Waals surface area contributed by atoms with E-state index in [1.807, 2.05) is 4.52 Å². The zero-order valence-electron chi connectivity index (χ0n) is 11.8. The van der Waals surface area contributed by atoms with Crippen LogP contribution in [-0.4, -0.2) is 26.4 Å². The minimum absolute atomic E-state index is 0.104. The third-order valence-electron chi connectivity index (χ3n) is 3.89. The summed E-state index contributed by atoms with van der Waals surface area (Å²) in [5.74, 6) is 1.61. The maximum Gasteiger partial charge on any atom is 0.234 e. The lowest BCUT2D eigenvalue weighted by molar-refractivity contribution is 0.408. The van der Waals surface area contributed by atoms with Gasteiger partial charge in [-0.05, 0) is 33.2 Å². The van der Waals surface area contributed by atoms with E-state index in [2.05, 4.69) is 36.3 Å². The molecular formula is C13H21N5S. The Balaban J connectivity index is 1.97. The van der Waals surface area contributed by atoms with Gasteiger partial charge in [0.15, 0.2) is 5.82 Å². The second kappa shape index (κ2) is 4.83. The molecule has 3 rings (SSSR count). The van der Waals surface area contributed by atoms with Crippen molar-refractivity contribution in [3.8, 4) is 0 Å². The number of nitrogens with one attached hydrogen (secondary N) is 1. The SMILES string of the molecule is CCNC(C)(C)c1nn2c(C3CCCC3)nnc2s1. The second-order valence-electron chi connectivity index (χ2n) is 5.80. The minimum Gasteiger partial charge on any atom is -0.306 e. The van der Waals surface area contributed by atoms with Crippen LogP contribution in [0.3, 0.4) is 0 Å². The lowest BCUT2D eigenvalue weighted by Crippen LogP contribution is -2.36. The van der Waals surface area contributed by atoms with Gasteiger partial charge in [0.2, 0.25) is 4.96 Å². The third kappa shape index (κ3) is 2.27. The number of hydrogen-bond donors (Lipinski definition) is 1. The van der Waals surface area contributed by atoms with Crippen molar-refractivity contribution in [3.05, 3.63) is 10.8 Å². The van der Waals surface area contributed by atoms with Gasteiger partial charge in [-0.3, -0.25) is 0 Å². The summed E-state index contributed by atoms with van der Waals surface area (Å²) in [6.07, 6.45) is 5.06. The third-order valence-corrected chi connectivity index (χ3v) is 5.11. The largest absolute Gasteiger partial charge is 0.306 e. The maximum absolute atomic E-state index is 4.76. The molecule has 1 aliphatic rings. The average Bonchev–Trinajstić information content (AvgIpc) is 3.04. The van der Waals surface area contributed by atoms with Crippen molar-refractivity contribution in [3.63, 3.8) is 0 Å². The summed E-state index contributed by atoms with van der Waals surface area (Å²) in [5.41, 5.74) is -0.104. The van der Waals surface area contributed by atoms with Gasteiger partial charge >= 0.3 is 0 Å². The van der Waals surface area contributed by atoms with Gasteiger partial charge in [0.05, 0.1) is 5.54 Å². The van der Waals surface area contributed by atoms with Crippen LogP contribution in [0.25, 0.3) is 4.96 Å². The highest BCUT2D eigenvalue weighted by molar-refractivity contribution is 7.16. The Morgan fingerprint density at radius 1 is 1.32 bits per heavy atom. The second-order valence-corrected chi connectivity index (χ2v) is 6.75. The molecule has 1 aliphatic carbocycles. The van der Waals surface area contributed by atoms with Crippen molar-refractivity contribution < 1.29 is 0 Å². The Kier molecular flexibility index (Phi) is 3.30. The first-order valence-electron chi connectivity index (χ1n) is 7.09. The first kappa shape index (κ1) is 13.0. The van der Waals surface area contributed by atoms with Crippen molar-refractivity contribution >= 4 is 16.3 Å². The molecule has 1 fully saturated rings. The summed E-state index contributed by atoms with van der Waals surface area (Å²) >= 11 is 1.64. The molecule has 19 heavy (non-hydrogen) atoms. The number of nitrogens with zero attached hydrogens (tertiary/aromatic N) is 4. The predicted octanol–water partition coefficient (Wildman–Crippen LogP) is 2.69. The van der Waals surface area contributed by atoms with Gasteiger partial charge in [0.1, 0.15) is 5.01 Å². The van der Waals surface area contributed by atoms with Crippen LogP contribution in [0.4, 0.5) is 0 Å². The van der Waals surface area contributed by atoms with Crippen molar-refractivity contribution in [1.82, 2.24) is 25.1 Å². The van der Waals surface area contributed by atoms with E-state index in [1.165, 1.54) is 25.7 Å². The Morgan fingerprint density at radius 3 is 2.74 bits per heavy atom. The van der Waals surface area contributed by atoms with E-state index in [0.29, 0.717) is 5.92 Å². The number of hydrogen-bond acceptors (Lipinski definition) is 5. The molecule has 2 aromatic rings. The Labute approximate surface area is 117 Å². The normalized spacial score (nSPS) is 17.6. The van der Waals surface area contributed by atoms with E-state index >= 15 is 0 Å². The number of aromatic nitrogens is 4. The summed E-state index contributed by atoms with van der Waals surface area (Å²) in [7, 11) is 0. The maximum atomic E-state index is 4.76. The van der Waals surface area contributed by atoms with Crippen LogP contribution in [0.2, 0.25) is 0 Å². The lowest BCUT2D eigenvalue weighted by Gasteiger charge is -2.22. The summed E-state index contributed by atoms with van der Waals surface area (Å²) in [6, 6.07) is 0. The molecule has 0 unspecified atom stereocenters. The summed E-state index contributed by atoms with van der Waals surface area (Å²) in [6.45, 7) is 7.38. The van der Waals surface area contributed by atoms with Gasteiger partial charge < -0.3 is 5.32 Å². The van der Waals surface area contributed by atoms with E-state index in [1.54, 1.807) is 11.3 Å². The number of fused-ring (bicyclic) bond motifs is 1. The fourth-order valence-corrected chi connectivity index (χ4v) is 3.77. The van der Waals surface area contributed by atoms with Crippen LogP contribution in [0, 0.1) is 0 Å². The van der Waals surface area contributed by atoms with Crippen molar-refractivity contribution in [2.24, 2.45) is 0 Å². The number of rotatable bonds is 4. The fourth-order valence-electron chi connectivity index (χ4n) is 2.84. The smallest absolute Gasteiger partial charge is 0.234 e. The van der Waals surface area contributed by atoms with Crippen molar-refractivity contribution in [1.29, 1.82) is 0 Å². The van der Waals surface area contributed by atoms with Crippen LogP contribution >= 0.6 is 11.3 Å². The Bertz CT molecular complexity index is 565. The molecule has 0 radical (unpaired) electrons. The average molecular weight is 279 g/mol. The van der Waals surface area contributed by atoms with Gasteiger partial charge in [-0.1, -0.05) is 31.1 Å². The van der Waals surface area contributed by atoms with E-state index in [-0.39, 0.29) is 5.54 Å². The highest BCUT2D eigenvalue weighted by Crippen LogP contribution is 2.34. The molecule has 6 heteroatoms. The highest BCUT2D eigenvalue weighted by atomic mass is 32.1. The molecular weight excluding hydrogens is 258 g/mol. The molecule has 104 valence electrons. The molecule has 5 nitrogen and oxygen atoms in total. The topological polar surface area (TPSA) is 55.1 Å². The van der Waals surface area contributed by atoms with Crippen LogP contribution in [0.1, 0.15) is 63.2 Å². The molecule has 0 spiro atoms. The predicted molar refractivity (Wildman–Crippen MR) is 76.6 cm³/mol. The van der Waals surface area contributed by atoms with Crippen LogP contribution in [0.15, 0.2) is 0 Å². The lowest BCUT2D eigenvalue weighted by atomic mass is 10.1. The molecule has 2 heterocycles. The molecule has 1 saturated carbocycles. The zero-order valence-corrected chi connectivity index (χ0v) is 12.6. The Morgan fingerprint density at radius 2 is 2.05 bits per heavy atom. The molecule has 1 N–H and O–H groups in total. The molecule has 0 aliphatic heterocycles. The van der Waals surface area contributed by atoms with Gasteiger partial charge in [-0.2, -0.15) is 9.61 Å². The summed E-state index contributed by atoms with van der Waals surface area (Å²) < 4.78 is 1.97. The van der Waals surface area contributed by atoms with Gasteiger partial charge in [-0.15, -0.1) is 10.2 Å². The first-order valence-corrected chi connectivity index (χ1v) is 7.91. The van der Waals surface area contributed by atoms with Crippen LogP contribution in [0.5, 0.6) is 0 Å². The molecule has 0 bridgehead atoms. The van der Waals surface area contributed by atoms with E-state index in [0.717, 1.165) is 22.3 Å². The standard InChI is InChI=1S/C13H21N5S/c1-4-14-13(2,3)11-17-18-10(9-7-5-6-8-9)15-16-12(18)19-11/h9,14H,4-8H2,1-3H3. The minimum atomic E-state index is -0.104. The monoisotopic (exact) mass is 279 g/mol.